The number of likely N-dealkylation sites (tertiary alicyclic amines) is 1. The van der Waals surface area contributed by atoms with Crippen molar-refractivity contribution in [1.29, 1.82) is 5.26 Å². The highest BCUT2D eigenvalue weighted by Gasteiger charge is 2.45. The predicted molar refractivity (Wildman–Crippen MR) is 59.7 cm³/mol. The molecule has 0 radical (unpaired) electrons. The molecule has 82 valence electrons. The maximum absolute atomic E-state index is 8.74. The Kier molecular flexibility index (Phi) is 2.39. The van der Waals surface area contributed by atoms with Gasteiger partial charge in [0.05, 0.1) is 18.1 Å². The highest BCUT2D eigenvalue weighted by molar-refractivity contribution is 5.31. The zero-order chi connectivity index (χ0) is 11.0. The summed E-state index contributed by atoms with van der Waals surface area (Å²) >= 11 is 0. The van der Waals surface area contributed by atoms with Crippen molar-refractivity contribution in [3.8, 4) is 6.07 Å². The van der Waals surface area contributed by atoms with Crippen LogP contribution in [-0.2, 0) is 6.54 Å². The Hall–Kier alpha value is -1.37. The molecule has 2 saturated heterocycles. The molecule has 3 atom stereocenters. The predicted octanol–water partition coefficient (Wildman–Crippen LogP) is -1.34. The third-order valence-electron chi connectivity index (χ3n) is 3.96. The van der Waals surface area contributed by atoms with E-state index in [4.69, 9.17) is 5.26 Å². The summed E-state index contributed by atoms with van der Waals surface area (Å²) in [6.45, 7) is 3.74. The lowest BCUT2D eigenvalue weighted by molar-refractivity contribution is -0.963. The van der Waals surface area contributed by atoms with Crippen molar-refractivity contribution >= 4 is 0 Å². The summed E-state index contributed by atoms with van der Waals surface area (Å²) in [5, 5.41) is 11.2. The number of fused-ring (bicyclic) bond motifs is 2. The van der Waals surface area contributed by atoms with Gasteiger partial charge >= 0.3 is 0 Å². The zero-order valence-electron chi connectivity index (χ0n) is 9.32. The summed E-state index contributed by atoms with van der Waals surface area (Å²) in [6.07, 6.45) is 1.39. The normalized spacial score (nSPS) is 31.6. The summed E-state index contributed by atoms with van der Waals surface area (Å²) in [5.41, 5.74) is 2.12. The number of benzene rings is 1. The van der Waals surface area contributed by atoms with Gasteiger partial charge in [-0.2, -0.15) is 5.26 Å². The van der Waals surface area contributed by atoms with Gasteiger partial charge in [-0.25, -0.2) is 0 Å². The van der Waals surface area contributed by atoms with Crippen LogP contribution in [0.25, 0.3) is 0 Å². The van der Waals surface area contributed by atoms with E-state index in [1.165, 1.54) is 25.1 Å². The molecule has 2 aliphatic rings. The SMILES string of the molecule is N#Cc1ccc(C[NH+]2C[C@H]3C[C@@H]2C[NH2+]3)cc1. The minimum atomic E-state index is 0.759. The van der Waals surface area contributed by atoms with Crippen LogP contribution in [-0.4, -0.2) is 25.2 Å². The topological polar surface area (TPSA) is 44.8 Å². The number of nitrogens with one attached hydrogen (secondary N) is 1. The molecule has 0 saturated carbocycles. The molecule has 2 aliphatic heterocycles. The molecule has 3 rings (SSSR count). The van der Waals surface area contributed by atoms with Crippen LogP contribution in [0, 0.1) is 11.3 Å². The van der Waals surface area contributed by atoms with Gasteiger partial charge in [-0.05, 0) is 12.1 Å². The molecule has 1 aromatic rings. The van der Waals surface area contributed by atoms with E-state index in [9.17, 15) is 0 Å². The number of nitrogens with two attached hydrogens (primary N) is 1. The van der Waals surface area contributed by atoms with Crippen LogP contribution in [0.1, 0.15) is 17.5 Å². The number of quaternary nitrogens is 2. The highest BCUT2D eigenvalue weighted by atomic mass is 15.3. The van der Waals surface area contributed by atoms with Gasteiger partial charge in [0.25, 0.3) is 0 Å². The van der Waals surface area contributed by atoms with Crippen molar-refractivity contribution in [1.82, 2.24) is 0 Å². The van der Waals surface area contributed by atoms with E-state index >= 15 is 0 Å². The lowest BCUT2D eigenvalue weighted by Crippen LogP contribution is -3.19. The minimum Gasteiger partial charge on any atom is -0.334 e. The largest absolute Gasteiger partial charge is 0.334 e. The number of rotatable bonds is 2. The zero-order valence-corrected chi connectivity index (χ0v) is 9.32. The lowest BCUT2D eigenvalue weighted by Gasteiger charge is -2.22. The summed E-state index contributed by atoms with van der Waals surface area (Å²) in [5.74, 6) is 0. The van der Waals surface area contributed by atoms with Crippen LogP contribution >= 0.6 is 0 Å². The maximum atomic E-state index is 8.74. The molecule has 2 bridgehead atoms. The fourth-order valence-electron chi connectivity index (χ4n) is 3.09. The van der Waals surface area contributed by atoms with E-state index in [1.54, 1.807) is 4.90 Å². The molecule has 3 N–H and O–H groups in total. The van der Waals surface area contributed by atoms with Crippen LogP contribution in [0.3, 0.4) is 0 Å². The Morgan fingerprint density at radius 2 is 2.19 bits per heavy atom. The van der Waals surface area contributed by atoms with Crippen LogP contribution < -0.4 is 10.2 Å². The number of nitrogens with zero attached hydrogens (tertiary/aromatic N) is 1. The first-order chi connectivity index (χ1) is 7.85. The van der Waals surface area contributed by atoms with Gasteiger partial charge in [-0.15, -0.1) is 0 Å². The van der Waals surface area contributed by atoms with E-state index in [0.29, 0.717) is 0 Å². The first-order valence-electron chi connectivity index (χ1n) is 6.02. The summed E-state index contributed by atoms with van der Waals surface area (Å²) in [6, 6.07) is 11.9. The van der Waals surface area contributed by atoms with Gasteiger partial charge in [-0.3, -0.25) is 0 Å². The Morgan fingerprint density at radius 3 is 2.75 bits per heavy atom. The van der Waals surface area contributed by atoms with Gasteiger partial charge in [-0.1, -0.05) is 12.1 Å². The summed E-state index contributed by atoms with van der Waals surface area (Å²) < 4.78 is 0. The number of piperazine rings is 1. The van der Waals surface area contributed by atoms with Gasteiger partial charge in [0, 0.05) is 5.56 Å². The Balaban J connectivity index is 1.68. The van der Waals surface area contributed by atoms with Crippen LogP contribution in [0.4, 0.5) is 0 Å². The van der Waals surface area contributed by atoms with Gasteiger partial charge in [0.1, 0.15) is 31.7 Å². The molecule has 0 aliphatic carbocycles. The Morgan fingerprint density at radius 1 is 1.38 bits per heavy atom. The Bertz CT molecular complexity index is 418. The van der Waals surface area contributed by atoms with Crippen molar-refractivity contribution in [2.75, 3.05) is 13.1 Å². The van der Waals surface area contributed by atoms with Crippen LogP contribution in [0.15, 0.2) is 24.3 Å². The van der Waals surface area contributed by atoms with Gasteiger partial charge in [0.15, 0.2) is 0 Å². The molecule has 0 amide bonds. The average Bonchev–Trinajstić information content (AvgIpc) is 2.92. The Labute approximate surface area is 95.7 Å². The summed E-state index contributed by atoms with van der Waals surface area (Å²) in [7, 11) is 0. The molecule has 2 heterocycles. The van der Waals surface area contributed by atoms with Crippen LogP contribution in [0.2, 0.25) is 0 Å². The smallest absolute Gasteiger partial charge is 0.143 e. The number of hydrogen-bond acceptors (Lipinski definition) is 1. The van der Waals surface area contributed by atoms with Gasteiger partial charge < -0.3 is 10.2 Å². The molecular formula is C13H17N3+2. The van der Waals surface area contributed by atoms with Crippen molar-refractivity contribution < 1.29 is 10.2 Å². The first kappa shape index (κ1) is 9.83. The van der Waals surface area contributed by atoms with E-state index < -0.39 is 0 Å². The van der Waals surface area contributed by atoms with Crippen molar-refractivity contribution in [2.24, 2.45) is 0 Å². The molecule has 1 unspecified atom stereocenters. The average molecular weight is 215 g/mol. The maximum Gasteiger partial charge on any atom is 0.143 e. The van der Waals surface area contributed by atoms with Crippen molar-refractivity contribution in [2.45, 2.75) is 25.0 Å². The van der Waals surface area contributed by atoms with Crippen molar-refractivity contribution in [3.63, 3.8) is 0 Å². The summed E-state index contributed by atoms with van der Waals surface area (Å²) in [4.78, 5) is 1.73. The second-order valence-electron chi connectivity index (χ2n) is 5.01. The van der Waals surface area contributed by atoms with E-state index in [2.05, 4.69) is 23.5 Å². The van der Waals surface area contributed by atoms with Crippen LogP contribution in [0.5, 0.6) is 0 Å². The van der Waals surface area contributed by atoms with E-state index in [1.807, 2.05) is 12.1 Å². The highest BCUT2D eigenvalue weighted by Crippen LogP contribution is 2.06. The number of nitriles is 1. The lowest BCUT2D eigenvalue weighted by atomic mass is 10.1. The molecular weight excluding hydrogens is 198 g/mol. The standard InChI is InChI=1S/C13H15N3/c14-6-10-1-3-11(4-2-10)8-16-9-12-5-13(16)7-15-12/h1-4,12-13,15H,5,7-9H2/p+2/t12-,13-/m1/s1. The van der Waals surface area contributed by atoms with E-state index in [0.717, 1.165) is 24.2 Å². The molecule has 0 spiro atoms. The quantitative estimate of drug-likeness (QED) is 0.630. The fraction of sp³-hybridized carbons (Fsp3) is 0.462. The van der Waals surface area contributed by atoms with Gasteiger partial charge in [0.2, 0.25) is 0 Å². The monoisotopic (exact) mass is 215 g/mol. The second kappa shape index (κ2) is 3.89. The minimum absolute atomic E-state index is 0.759. The molecule has 0 aromatic heterocycles. The molecule has 16 heavy (non-hydrogen) atoms. The van der Waals surface area contributed by atoms with E-state index in [-0.39, 0.29) is 0 Å². The third-order valence-corrected chi connectivity index (χ3v) is 3.96. The fourth-order valence-corrected chi connectivity index (χ4v) is 3.09. The second-order valence-corrected chi connectivity index (χ2v) is 5.01. The first-order valence-corrected chi connectivity index (χ1v) is 6.02. The van der Waals surface area contributed by atoms with Crippen molar-refractivity contribution in [3.05, 3.63) is 35.4 Å². The third kappa shape index (κ3) is 1.71. The molecule has 3 heteroatoms. The number of hydrogen-bond donors (Lipinski definition) is 2. The molecule has 1 aromatic carbocycles. The molecule has 3 nitrogen and oxygen atoms in total. The molecule has 2 fully saturated rings.